The third-order valence-corrected chi connectivity index (χ3v) is 5.38. The molecule has 140 valence electrons. The van der Waals surface area contributed by atoms with Crippen molar-refractivity contribution in [3.63, 3.8) is 0 Å². The molecule has 0 radical (unpaired) electrons. The molecule has 0 unspecified atom stereocenters. The average Bonchev–Trinajstić information content (AvgIpc) is 3.15. The Balaban J connectivity index is 1.26. The molecular weight excluding hydrogens is 338 g/mol. The number of nitrogens with zero attached hydrogens (tertiary/aromatic N) is 1. The van der Waals surface area contributed by atoms with E-state index in [1.165, 1.54) is 33.4 Å². The molecule has 0 saturated carbocycles. The largest absolute Gasteiger partial charge is 0.302 e. The fourth-order valence-corrected chi connectivity index (χ4v) is 3.81. The van der Waals surface area contributed by atoms with Crippen LogP contribution in [0.3, 0.4) is 0 Å². The quantitative estimate of drug-likeness (QED) is 0.473. The maximum absolute atomic E-state index is 2.41. The number of hydrogen-bond acceptors (Lipinski definition) is 1. The maximum atomic E-state index is 2.41. The summed E-state index contributed by atoms with van der Waals surface area (Å²) >= 11 is 0. The second-order valence-corrected chi connectivity index (χ2v) is 7.51. The van der Waals surface area contributed by atoms with Gasteiger partial charge in [0.1, 0.15) is 0 Å². The zero-order valence-electron chi connectivity index (χ0n) is 16.5. The number of benzene rings is 3. The highest BCUT2D eigenvalue weighted by atomic mass is 15.1. The van der Waals surface area contributed by atoms with E-state index in [1.807, 2.05) is 0 Å². The van der Waals surface area contributed by atoms with E-state index in [4.69, 9.17) is 0 Å². The van der Waals surface area contributed by atoms with Crippen LogP contribution in [-0.2, 0) is 6.42 Å². The van der Waals surface area contributed by atoms with E-state index in [9.17, 15) is 0 Å². The molecule has 0 spiro atoms. The molecule has 4 rings (SSSR count). The molecule has 0 N–H and O–H groups in total. The normalized spacial score (nSPS) is 13.1. The minimum absolute atomic E-state index is 1.02. The molecule has 0 aromatic heterocycles. The predicted octanol–water partition coefficient (Wildman–Crippen LogP) is 6.33. The molecule has 0 atom stereocenters. The molecule has 0 amide bonds. The second-order valence-electron chi connectivity index (χ2n) is 7.51. The van der Waals surface area contributed by atoms with Gasteiger partial charge in [-0.2, -0.15) is 0 Å². The highest BCUT2D eigenvalue weighted by Gasteiger charge is 2.14. The standard InChI is InChI=1S/C27H27N/c1-28(21-26-19-18-25-12-5-6-13-27(25)26)20-8-7-9-22-14-16-24(17-15-22)23-10-3-2-4-11-23/h2-7,9-17,19H,8,18,20-21H2,1H3/b9-7+. The molecule has 1 aliphatic rings. The molecule has 1 nitrogen and oxygen atoms in total. The van der Waals surface area contributed by atoms with Crippen LogP contribution in [0.4, 0.5) is 0 Å². The van der Waals surface area contributed by atoms with E-state index in [0.29, 0.717) is 0 Å². The lowest BCUT2D eigenvalue weighted by Crippen LogP contribution is -2.21. The SMILES string of the molecule is CN(CC/C=C/c1ccc(-c2ccccc2)cc1)CC1=CCc2ccccc21. The van der Waals surface area contributed by atoms with Gasteiger partial charge in [-0.25, -0.2) is 0 Å². The topological polar surface area (TPSA) is 3.24 Å². The van der Waals surface area contributed by atoms with Gasteiger partial charge in [-0.1, -0.05) is 97.1 Å². The Morgan fingerprint density at radius 3 is 2.36 bits per heavy atom. The van der Waals surface area contributed by atoms with Gasteiger partial charge < -0.3 is 4.90 Å². The van der Waals surface area contributed by atoms with E-state index < -0.39 is 0 Å². The minimum Gasteiger partial charge on any atom is -0.302 e. The van der Waals surface area contributed by atoms with Crippen LogP contribution in [0, 0.1) is 0 Å². The Morgan fingerprint density at radius 1 is 0.821 bits per heavy atom. The monoisotopic (exact) mass is 365 g/mol. The summed E-state index contributed by atoms with van der Waals surface area (Å²) < 4.78 is 0. The lowest BCUT2D eigenvalue weighted by Gasteiger charge is -2.17. The van der Waals surface area contributed by atoms with E-state index in [0.717, 1.165) is 25.9 Å². The molecule has 0 saturated heterocycles. The highest BCUT2D eigenvalue weighted by Crippen LogP contribution is 2.27. The van der Waals surface area contributed by atoms with Crippen molar-refractivity contribution in [3.8, 4) is 11.1 Å². The van der Waals surface area contributed by atoms with Crippen LogP contribution in [0.25, 0.3) is 22.8 Å². The summed E-state index contributed by atoms with van der Waals surface area (Å²) in [5, 5.41) is 0. The third kappa shape index (κ3) is 4.49. The zero-order valence-corrected chi connectivity index (χ0v) is 16.5. The molecule has 0 heterocycles. The number of allylic oxidation sites excluding steroid dienone is 1. The van der Waals surface area contributed by atoms with Crippen LogP contribution in [-0.4, -0.2) is 25.0 Å². The number of hydrogen-bond donors (Lipinski definition) is 0. The van der Waals surface area contributed by atoms with Crippen LogP contribution < -0.4 is 0 Å². The van der Waals surface area contributed by atoms with Crippen molar-refractivity contribution in [1.29, 1.82) is 0 Å². The lowest BCUT2D eigenvalue weighted by molar-refractivity contribution is 0.384. The minimum atomic E-state index is 1.02. The van der Waals surface area contributed by atoms with Crippen LogP contribution >= 0.6 is 0 Å². The van der Waals surface area contributed by atoms with Gasteiger partial charge in [0.05, 0.1) is 0 Å². The molecule has 1 heteroatoms. The van der Waals surface area contributed by atoms with Crippen molar-refractivity contribution in [2.75, 3.05) is 20.1 Å². The summed E-state index contributed by atoms with van der Waals surface area (Å²) in [6, 6.07) is 28.1. The molecule has 3 aromatic carbocycles. The van der Waals surface area contributed by atoms with Crippen molar-refractivity contribution in [1.82, 2.24) is 4.90 Å². The lowest BCUT2D eigenvalue weighted by atomic mass is 10.0. The van der Waals surface area contributed by atoms with E-state index >= 15 is 0 Å². The van der Waals surface area contributed by atoms with Crippen molar-refractivity contribution in [2.24, 2.45) is 0 Å². The van der Waals surface area contributed by atoms with Crippen LogP contribution in [0.5, 0.6) is 0 Å². The Hall–Kier alpha value is -2.90. The average molecular weight is 366 g/mol. The summed E-state index contributed by atoms with van der Waals surface area (Å²) in [4.78, 5) is 2.41. The van der Waals surface area contributed by atoms with Gasteiger partial charge in [-0.05, 0) is 53.3 Å². The molecular formula is C27H27N. The van der Waals surface area contributed by atoms with Gasteiger partial charge in [-0.15, -0.1) is 0 Å². The van der Waals surface area contributed by atoms with E-state index in [-0.39, 0.29) is 0 Å². The summed E-state index contributed by atoms with van der Waals surface area (Å²) in [6.07, 6.45) is 9.03. The molecule has 3 aromatic rings. The first-order chi connectivity index (χ1) is 13.8. The van der Waals surface area contributed by atoms with Crippen molar-refractivity contribution < 1.29 is 0 Å². The first kappa shape index (κ1) is 18.5. The molecule has 1 aliphatic carbocycles. The Kier molecular flexibility index (Phi) is 5.84. The smallest absolute Gasteiger partial charge is 0.0233 e. The Morgan fingerprint density at radius 2 is 1.54 bits per heavy atom. The highest BCUT2D eigenvalue weighted by molar-refractivity contribution is 5.74. The van der Waals surface area contributed by atoms with Gasteiger partial charge in [0.25, 0.3) is 0 Å². The Labute approximate surface area is 168 Å². The molecule has 0 bridgehead atoms. The summed E-state index contributed by atoms with van der Waals surface area (Å²) in [5.74, 6) is 0. The zero-order chi connectivity index (χ0) is 19.2. The summed E-state index contributed by atoms with van der Waals surface area (Å²) in [7, 11) is 2.21. The van der Waals surface area contributed by atoms with Gasteiger partial charge in [-0.3, -0.25) is 0 Å². The fraction of sp³-hybridized carbons (Fsp3) is 0.185. The predicted molar refractivity (Wildman–Crippen MR) is 121 cm³/mol. The van der Waals surface area contributed by atoms with Gasteiger partial charge in [0, 0.05) is 13.1 Å². The number of fused-ring (bicyclic) bond motifs is 1. The molecule has 28 heavy (non-hydrogen) atoms. The first-order valence-corrected chi connectivity index (χ1v) is 10.1. The fourth-order valence-electron chi connectivity index (χ4n) is 3.81. The van der Waals surface area contributed by atoms with Crippen LogP contribution in [0.2, 0.25) is 0 Å². The molecule has 0 fully saturated rings. The Bertz CT molecular complexity index is 965. The van der Waals surface area contributed by atoms with Crippen molar-refractivity contribution >= 4 is 11.6 Å². The summed E-state index contributed by atoms with van der Waals surface area (Å²) in [5.41, 5.74) is 8.16. The third-order valence-electron chi connectivity index (χ3n) is 5.38. The first-order valence-electron chi connectivity index (χ1n) is 10.1. The van der Waals surface area contributed by atoms with E-state index in [2.05, 4.69) is 109 Å². The van der Waals surface area contributed by atoms with Crippen LogP contribution in [0.1, 0.15) is 23.1 Å². The van der Waals surface area contributed by atoms with Gasteiger partial charge in [0.2, 0.25) is 0 Å². The van der Waals surface area contributed by atoms with Gasteiger partial charge >= 0.3 is 0 Å². The number of rotatable bonds is 7. The summed E-state index contributed by atoms with van der Waals surface area (Å²) in [6.45, 7) is 2.09. The van der Waals surface area contributed by atoms with E-state index in [1.54, 1.807) is 0 Å². The maximum Gasteiger partial charge on any atom is 0.0233 e. The van der Waals surface area contributed by atoms with Crippen molar-refractivity contribution in [3.05, 3.63) is 108 Å². The second kappa shape index (κ2) is 8.86. The van der Waals surface area contributed by atoms with Crippen molar-refractivity contribution in [2.45, 2.75) is 12.8 Å². The van der Waals surface area contributed by atoms with Crippen LogP contribution in [0.15, 0.2) is 91.0 Å². The van der Waals surface area contributed by atoms with Gasteiger partial charge in [0.15, 0.2) is 0 Å². The number of likely N-dealkylation sites (N-methyl/N-ethyl adjacent to an activating group) is 1. The molecule has 0 aliphatic heterocycles.